The van der Waals surface area contributed by atoms with Crippen molar-refractivity contribution in [1.29, 1.82) is 0 Å². The predicted molar refractivity (Wildman–Crippen MR) is 135 cm³/mol. The van der Waals surface area contributed by atoms with Crippen molar-refractivity contribution < 1.29 is 19.1 Å². The highest BCUT2D eigenvalue weighted by molar-refractivity contribution is 8.16. The number of carbonyl (C=O) groups excluding carboxylic acids is 2. The number of aliphatic imine (C=N–C) groups is 1. The van der Waals surface area contributed by atoms with Gasteiger partial charge in [0.25, 0.3) is 5.91 Å². The second kappa shape index (κ2) is 10.2. The van der Waals surface area contributed by atoms with Crippen molar-refractivity contribution in [2.45, 2.75) is 33.7 Å². The van der Waals surface area contributed by atoms with Gasteiger partial charge in [0.05, 0.1) is 23.9 Å². The maximum Gasteiger partial charge on any atom is 0.338 e. The Labute approximate surface area is 203 Å². The summed E-state index contributed by atoms with van der Waals surface area (Å²) < 4.78 is 11.1. The van der Waals surface area contributed by atoms with Crippen LogP contribution in [0.5, 0.6) is 5.75 Å². The summed E-state index contributed by atoms with van der Waals surface area (Å²) in [7, 11) is 0. The summed E-state index contributed by atoms with van der Waals surface area (Å²) in [5.41, 5.74) is 4.86. The molecule has 0 saturated heterocycles. The van der Waals surface area contributed by atoms with E-state index in [1.165, 1.54) is 11.8 Å². The number of amidine groups is 1. The van der Waals surface area contributed by atoms with E-state index < -0.39 is 12.0 Å². The summed E-state index contributed by atoms with van der Waals surface area (Å²) in [5.74, 6) is -0.101. The molecule has 0 spiro atoms. The SMILES string of the molecule is CCOC(=O)C1=C(C)N=C2SC=CN2C1c1cccc(OCC(=O)Nc2cc(C)cc(C)c2)c1. The fourth-order valence-corrected chi connectivity index (χ4v) is 4.86. The molecule has 0 bridgehead atoms. The first-order valence-corrected chi connectivity index (χ1v) is 11.9. The topological polar surface area (TPSA) is 80.2 Å². The minimum absolute atomic E-state index is 0.132. The number of aryl methyl sites for hydroxylation is 2. The van der Waals surface area contributed by atoms with E-state index in [-0.39, 0.29) is 19.1 Å². The molecule has 1 atom stereocenters. The number of allylic oxidation sites excluding steroid dienone is 1. The molecule has 1 amide bonds. The normalized spacial score (nSPS) is 16.8. The van der Waals surface area contributed by atoms with E-state index in [1.54, 1.807) is 13.0 Å². The molecule has 0 radical (unpaired) electrons. The van der Waals surface area contributed by atoms with Crippen LogP contribution in [0.4, 0.5) is 5.69 Å². The van der Waals surface area contributed by atoms with Crippen LogP contribution in [0.1, 0.15) is 36.6 Å². The Morgan fingerprint density at radius 3 is 2.62 bits per heavy atom. The maximum absolute atomic E-state index is 12.8. The third kappa shape index (κ3) is 5.17. The molecule has 8 heteroatoms. The molecular formula is C26H27N3O4S. The fraction of sp³-hybridized carbons (Fsp3) is 0.269. The number of rotatable bonds is 7. The number of fused-ring (bicyclic) bond motifs is 1. The number of hydrogen-bond donors (Lipinski definition) is 1. The maximum atomic E-state index is 12.8. The first-order valence-electron chi connectivity index (χ1n) is 11.0. The van der Waals surface area contributed by atoms with Crippen LogP contribution in [0.2, 0.25) is 0 Å². The van der Waals surface area contributed by atoms with E-state index in [0.29, 0.717) is 17.0 Å². The van der Waals surface area contributed by atoms with Crippen molar-refractivity contribution >= 4 is 34.5 Å². The Hall–Kier alpha value is -3.52. The van der Waals surface area contributed by atoms with Crippen molar-refractivity contribution in [1.82, 2.24) is 4.90 Å². The molecule has 0 aliphatic carbocycles. The lowest BCUT2D eigenvalue weighted by Gasteiger charge is -2.33. The number of carbonyl (C=O) groups is 2. The molecule has 1 N–H and O–H groups in total. The molecule has 2 aliphatic heterocycles. The number of nitrogens with one attached hydrogen (secondary N) is 1. The number of benzene rings is 2. The molecule has 0 fully saturated rings. The molecule has 2 aromatic carbocycles. The average molecular weight is 478 g/mol. The van der Waals surface area contributed by atoms with Gasteiger partial charge in [-0.3, -0.25) is 4.79 Å². The van der Waals surface area contributed by atoms with Gasteiger partial charge in [-0.1, -0.05) is 30.0 Å². The largest absolute Gasteiger partial charge is 0.484 e. The Morgan fingerprint density at radius 1 is 1.12 bits per heavy atom. The standard InChI is InChI=1S/C26H27N3O4S/c1-5-32-25(31)23-18(4)27-26-29(9-10-34-26)24(23)19-7-6-8-21(14-19)33-15-22(30)28-20-12-16(2)11-17(3)13-20/h6-14,24H,5,15H2,1-4H3,(H,28,30). The van der Waals surface area contributed by atoms with Crippen LogP contribution < -0.4 is 10.1 Å². The van der Waals surface area contributed by atoms with Crippen LogP contribution in [-0.2, 0) is 14.3 Å². The smallest absolute Gasteiger partial charge is 0.338 e. The lowest BCUT2D eigenvalue weighted by molar-refractivity contribution is -0.139. The van der Waals surface area contributed by atoms with Gasteiger partial charge in [-0.2, -0.15) is 0 Å². The van der Waals surface area contributed by atoms with Crippen molar-refractivity contribution in [3.05, 3.63) is 82.0 Å². The molecule has 2 aliphatic rings. The summed E-state index contributed by atoms with van der Waals surface area (Å²) >= 11 is 1.50. The minimum atomic E-state index is -0.398. The van der Waals surface area contributed by atoms with Crippen LogP contribution in [-0.4, -0.2) is 35.2 Å². The second-order valence-electron chi connectivity index (χ2n) is 8.11. The van der Waals surface area contributed by atoms with Gasteiger partial charge < -0.3 is 19.7 Å². The van der Waals surface area contributed by atoms with E-state index in [9.17, 15) is 9.59 Å². The monoisotopic (exact) mass is 477 g/mol. The highest BCUT2D eigenvalue weighted by Crippen LogP contribution is 2.41. The molecule has 1 unspecified atom stereocenters. The average Bonchev–Trinajstić information content (AvgIpc) is 3.24. The van der Waals surface area contributed by atoms with Gasteiger partial charge in [0.2, 0.25) is 0 Å². The van der Waals surface area contributed by atoms with Gasteiger partial charge in [0, 0.05) is 11.9 Å². The number of nitrogens with zero attached hydrogens (tertiary/aromatic N) is 2. The van der Waals surface area contributed by atoms with Crippen molar-refractivity contribution in [3.8, 4) is 5.75 Å². The first-order chi connectivity index (χ1) is 16.4. The zero-order valence-electron chi connectivity index (χ0n) is 19.6. The van der Waals surface area contributed by atoms with Crippen molar-refractivity contribution in [3.63, 3.8) is 0 Å². The molecule has 2 heterocycles. The lowest BCUT2D eigenvalue weighted by atomic mass is 9.94. The van der Waals surface area contributed by atoms with E-state index >= 15 is 0 Å². The lowest BCUT2D eigenvalue weighted by Crippen LogP contribution is -2.34. The number of ether oxygens (including phenoxy) is 2. The Kier molecular flexibility index (Phi) is 7.07. The molecule has 7 nitrogen and oxygen atoms in total. The molecule has 176 valence electrons. The van der Waals surface area contributed by atoms with Crippen LogP contribution in [0.15, 0.2) is 70.3 Å². The van der Waals surface area contributed by atoms with E-state index in [2.05, 4.69) is 10.3 Å². The number of amides is 1. The number of esters is 1. The third-order valence-electron chi connectivity index (χ3n) is 5.37. The number of anilines is 1. The highest BCUT2D eigenvalue weighted by atomic mass is 32.2. The Balaban J connectivity index is 1.52. The minimum Gasteiger partial charge on any atom is -0.484 e. The van der Waals surface area contributed by atoms with Gasteiger partial charge in [-0.25, -0.2) is 9.79 Å². The van der Waals surface area contributed by atoms with Gasteiger partial charge in [-0.05, 0) is 74.1 Å². The number of thioether (sulfide) groups is 1. The second-order valence-corrected chi connectivity index (χ2v) is 8.99. The van der Waals surface area contributed by atoms with Gasteiger partial charge in [-0.15, -0.1) is 0 Å². The summed E-state index contributed by atoms with van der Waals surface area (Å²) in [6.45, 7) is 7.72. The summed E-state index contributed by atoms with van der Waals surface area (Å²) in [6, 6.07) is 12.9. The molecule has 34 heavy (non-hydrogen) atoms. The zero-order chi connectivity index (χ0) is 24.2. The zero-order valence-corrected chi connectivity index (χ0v) is 20.4. The Morgan fingerprint density at radius 2 is 1.88 bits per heavy atom. The molecule has 2 aromatic rings. The van der Waals surface area contributed by atoms with Gasteiger partial charge in [0.15, 0.2) is 11.8 Å². The fourth-order valence-electron chi connectivity index (χ4n) is 4.07. The predicted octanol–water partition coefficient (Wildman–Crippen LogP) is 5.09. The molecule has 0 saturated carbocycles. The van der Waals surface area contributed by atoms with Crippen LogP contribution in [0.3, 0.4) is 0 Å². The van der Waals surface area contributed by atoms with Gasteiger partial charge in [0.1, 0.15) is 5.75 Å². The number of hydrogen-bond acceptors (Lipinski definition) is 7. The van der Waals surface area contributed by atoms with E-state index in [1.807, 2.05) is 73.7 Å². The van der Waals surface area contributed by atoms with Gasteiger partial charge >= 0.3 is 5.97 Å². The van der Waals surface area contributed by atoms with Crippen molar-refractivity contribution in [2.75, 3.05) is 18.5 Å². The third-order valence-corrected chi connectivity index (χ3v) is 6.14. The highest BCUT2D eigenvalue weighted by Gasteiger charge is 2.37. The summed E-state index contributed by atoms with van der Waals surface area (Å²) in [5, 5.41) is 5.61. The van der Waals surface area contributed by atoms with Crippen LogP contribution >= 0.6 is 11.8 Å². The molecule has 0 aromatic heterocycles. The van der Waals surface area contributed by atoms with E-state index in [4.69, 9.17) is 9.47 Å². The van der Waals surface area contributed by atoms with Crippen LogP contribution in [0, 0.1) is 13.8 Å². The quantitative estimate of drug-likeness (QED) is 0.560. The molecular weight excluding hydrogens is 450 g/mol. The summed E-state index contributed by atoms with van der Waals surface area (Å²) in [6.07, 6.45) is 1.91. The summed E-state index contributed by atoms with van der Waals surface area (Å²) in [4.78, 5) is 31.8. The van der Waals surface area contributed by atoms with Crippen LogP contribution in [0.25, 0.3) is 0 Å². The molecule has 4 rings (SSSR count). The van der Waals surface area contributed by atoms with E-state index in [0.717, 1.165) is 27.5 Å². The van der Waals surface area contributed by atoms with Crippen molar-refractivity contribution in [2.24, 2.45) is 4.99 Å². The first kappa shape index (κ1) is 23.6. The Bertz CT molecular complexity index is 1200.